The van der Waals surface area contributed by atoms with Crippen LogP contribution in [0.15, 0.2) is 12.2 Å². The maximum atomic E-state index is 11.1. The molecule has 0 aromatic rings. The summed E-state index contributed by atoms with van der Waals surface area (Å²) in [5, 5.41) is 21.8. The summed E-state index contributed by atoms with van der Waals surface area (Å²) >= 11 is 0. The first-order valence-corrected chi connectivity index (χ1v) is 17.3. The van der Waals surface area contributed by atoms with E-state index in [1.165, 1.54) is 167 Å². The van der Waals surface area contributed by atoms with Gasteiger partial charge in [0.1, 0.15) is 0 Å². The lowest BCUT2D eigenvalue weighted by atomic mass is 10.0. The molecule has 232 valence electrons. The SMILES string of the molecule is CCCCCCCCCCCCCCCCCCCCCCCCCCCC/C=C/C(O)C(CO)NC(C)=O. The highest BCUT2D eigenvalue weighted by atomic mass is 16.3. The normalized spacial score (nSPS) is 13.2. The molecule has 0 rings (SSSR count). The molecule has 0 heterocycles. The predicted octanol–water partition coefficient (Wildman–Crippen LogP) is 9.95. The third-order valence-corrected chi connectivity index (χ3v) is 8.06. The van der Waals surface area contributed by atoms with Crippen LogP contribution in [0.4, 0.5) is 0 Å². The lowest BCUT2D eigenvalue weighted by molar-refractivity contribution is -0.120. The summed E-state index contributed by atoms with van der Waals surface area (Å²) in [6, 6.07) is -0.618. The maximum absolute atomic E-state index is 11.1. The molecule has 0 bridgehead atoms. The second-order valence-corrected chi connectivity index (χ2v) is 12.0. The highest BCUT2D eigenvalue weighted by molar-refractivity contribution is 5.73. The van der Waals surface area contributed by atoms with E-state index in [-0.39, 0.29) is 12.5 Å². The van der Waals surface area contributed by atoms with Crippen molar-refractivity contribution in [1.29, 1.82) is 0 Å². The van der Waals surface area contributed by atoms with E-state index in [1.807, 2.05) is 6.08 Å². The fourth-order valence-corrected chi connectivity index (χ4v) is 5.45. The van der Waals surface area contributed by atoms with Gasteiger partial charge in [0, 0.05) is 6.92 Å². The maximum Gasteiger partial charge on any atom is 0.217 e. The molecule has 0 saturated heterocycles. The van der Waals surface area contributed by atoms with E-state index in [0.29, 0.717) is 0 Å². The Hall–Kier alpha value is -0.870. The van der Waals surface area contributed by atoms with Crippen molar-refractivity contribution in [2.45, 2.75) is 199 Å². The number of unbranched alkanes of at least 4 members (excludes halogenated alkanes) is 26. The molecule has 4 heteroatoms. The van der Waals surface area contributed by atoms with E-state index in [0.717, 1.165) is 12.8 Å². The molecule has 0 spiro atoms. The number of allylic oxidation sites excluding steroid dienone is 1. The summed E-state index contributed by atoms with van der Waals surface area (Å²) in [7, 11) is 0. The van der Waals surface area contributed by atoms with E-state index in [2.05, 4.69) is 12.2 Å². The molecule has 0 aliphatic carbocycles. The van der Waals surface area contributed by atoms with Gasteiger partial charge in [0.2, 0.25) is 5.91 Å². The van der Waals surface area contributed by atoms with Crippen LogP contribution < -0.4 is 5.32 Å². The number of nitrogens with one attached hydrogen (secondary N) is 1. The Kier molecular flexibility index (Phi) is 30.9. The lowest BCUT2D eigenvalue weighted by Crippen LogP contribution is -2.44. The number of amides is 1. The van der Waals surface area contributed by atoms with Crippen molar-refractivity contribution in [2.75, 3.05) is 6.61 Å². The average Bonchev–Trinajstić information content (AvgIpc) is 2.93. The molecule has 3 N–H and O–H groups in total. The fourth-order valence-electron chi connectivity index (χ4n) is 5.45. The Bertz CT molecular complexity index is 522. The third-order valence-electron chi connectivity index (χ3n) is 8.06. The Morgan fingerprint density at radius 3 is 1.18 bits per heavy atom. The van der Waals surface area contributed by atoms with Crippen molar-refractivity contribution in [1.82, 2.24) is 5.32 Å². The van der Waals surface area contributed by atoms with Crippen LogP contribution in [0.5, 0.6) is 0 Å². The van der Waals surface area contributed by atoms with Crippen LogP contribution in [-0.2, 0) is 4.79 Å². The highest BCUT2D eigenvalue weighted by Gasteiger charge is 2.16. The number of aliphatic hydroxyl groups is 2. The van der Waals surface area contributed by atoms with Gasteiger partial charge in [-0.15, -0.1) is 0 Å². The summed E-state index contributed by atoms with van der Waals surface area (Å²) in [5.74, 6) is -0.239. The van der Waals surface area contributed by atoms with Crippen LogP contribution in [0, 0.1) is 0 Å². The second kappa shape index (κ2) is 31.7. The molecule has 2 atom stereocenters. The summed E-state index contributed by atoms with van der Waals surface area (Å²) in [6.07, 6.45) is 40.4. The minimum absolute atomic E-state index is 0.239. The molecule has 0 aliphatic heterocycles. The standard InChI is InChI=1S/C35H69NO3/c1-3-4-5-6-7-8-9-10-11-12-13-14-15-16-17-18-19-20-21-22-23-24-25-26-27-28-29-30-31-35(39)34(32-37)36-33(2)38/h30-31,34-35,37,39H,3-29,32H2,1-2H3,(H,36,38)/b31-30+. The van der Waals surface area contributed by atoms with Gasteiger partial charge in [-0.1, -0.05) is 180 Å². The molecule has 0 aromatic carbocycles. The van der Waals surface area contributed by atoms with E-state index in [9.17, 15) is 15.0 Å². The Morgan fingerprint density at radius 1 is 0.590 bits per heavy atom. The van der Waals surface area contributed by atoms with Gasteiger partial charge >= 0.3 is 0 Å². The van der Waals surface area contributed by atoms with Crippen LogP contribution >= 0.6 is 0 Å². The fraction of sp³-hybridized carbons (Fsp3) is 0.914. The van der Waals surface area contributed by atoms with Crippen LogP contribution in [-0.4, -0.2) is 34.9 Å². The number of rotatable bonds is 31. The van der Waals surface area contributed by atoms with Crippen molar-refractivity contribution in [3.05, 3.63) is 12.2 Å². The van der Waals surface area contributed by atoms with Crippen LogP contribution in [0.3, 0.4) is 0 Å². The number of hydrogen-bond acceptors (Lipinski definition) is 3. The number of carbonyl (C=O) groups is 1. The Morgan fingerprint density at radius 2 is 0.897 bits per heavy atom. The van der Waals surface area contributed by atoms with E-state index < -0.39 is 12.1 Å². The molecule has 0 saturated carbocycles. The molecule has 4 nitrogen and oxygen atoms in total. The number of hydrogen-bond donors (Lipinski definition) is 3. The first-order valence-electron chi connectivity index (χ1n) is 17.3. The first kappa shape index (κ1) is 38.1. The Balaban J connectivity index is 3.22. The molecule has 0 aromatic heterocycles. The smallest absolute Gasteiger partial charge is 0.217 e. The number of aliphatic hydroxyl groups excluding tert-OH is 2. The largest absolute Gasteiger partial charge is 0.394 e. The highest BCUT2D eigenvalue weighted by Crippen LogP contribution is 2.16. The van der Waals surface area contributed by atoms with Crippen LogP contribution in [0.2, 0.25) is 0 Å². The van der Waals surface area contributed by atoms with Gasteiger partial charge < -0.3 is 15.5 Å². The molecule has 0 aliphatic rings. The van der Waals surface area contributed by atoms with E-state index >= 15 is 0 Å². The zero-order valence-electron chi connectivity index (χ0n) is 26.4. The predicted molar refractivity (Wildman–Crippen MR) is 170 cm³/mol. The summed E-state index contributed by atoms with van der Waals surface area (Å²) < 4.78 is 0. The van der Waals surface area contributed by atoms with Gasteiger partial charge in [-0.2, -0.15) is 0 Å². The quantitative estimate of drug-likeness (QED) is 0.0593. The molecule has 39 heavy (non-hydrogen) atoms. The third kappa shape index (κ3) is 29.9. The van der Waals surface area contributed by atoms with Gasteiger partial charge in [-0.3, -0.25) is 4.79 Å². The van der Waals surface area contributed by atoms with E-state index in [1.54, 1.807) is 6.08 Å². The minimum Gasteiger partial charge on any atom is -0.394 e. The van der Waals surface area contributed by atoms with Crippen LogP contribution in [0.25, 0.3) is 0 Å². The zero-order chi connectivity index (χ0) is 28.7. The van der Waals surface area contributed by atoms with Crippen molar-refractivity contribution in [2.24, 2.45) is 0 Å². The first-order chi connectivity index (χ1) is 19.1. The molecular weight excluding hydrogens is 482 g/mol. The van der Waals surface area contributed by atoms with Gasteiger partial charge in [0.05, 0.1) is 18.8 Å². The van der Waals surface area contributed by atoms with Gasteiger partial charge in [-0.05, 0) is 12.8 Å². The topological polar surface area (TPSA) is 69.6 Å². The molecule has 1 amide bonds. The zero-order valence-corrected chi connectivity index (χ0v) is 26.4. The van der Waals surface area contributed by atoms with Crippen molar-refractivity contribution < 1.29 is 15.0 Å². The molecule has 0 fully saturated rings. The van der Waals surface area contributed by atoms with Crippen molar-refractivity contribution in [3.63, 3.8) is 0 Å². The second-order valence-electron chi connectivity index (χ2n) is 12.0. The summed E-state index contributed by atoms with van der Waals surface area (Å²) in [4.78, 5) is 11.1. The van der Waals surface area contributed by atoms with Gasteiger partial charge in [0.15, 0.2) is 0 Å². The molecule has 0 radical (unpaired) electrons. The van der Waals surface area contributed by atoms with Crippen molar-refractivity contribution >= 4 is 5.91 Å². The average molecular weight is 552 g/mol. The van der Waals surface area contributed by atoms with Gasteiger partial charge in [0.25, 0.3) is 0 Å². The monoisotopic (exact) mass is 552 g/mol. The molecular formula is C35H69NO3. The summed E-state index contributed by atoms with van der Waals surface area (Å²) in [5.41, 5.74) is 0. The minimum atomic E-state index is -0.831. The van der Waals surface area contributed by atoms with E-state index in [4.69, 9.17) is 0 Å². The Labute approximate surface area is 244 Å². The number of carbonyl (C=O) groups excluding carboxylic acids is 1. The van der Waals surface area contributed by atoms with Crippen molar-refractivity contribution in [3.8, 4) is 0 Å². The van der Waals surface area contributed by atoms with Gasteiger partial charge in [-0.25, -0.2) is 0 Å². The molecule has 2 unspecified atom stereocenters. The lowest BCUT2D eigenvalue weighted by Gasteiger charge is -2.18. The van der Waals surface area contributed by atoms with Crippen LogP contribution in [0.1, 0.15) is 187 Å². The summed E-state index contributed by atoms with van der Waals surface area (Å²) in [6.45, 7) is 3.43.